The van der Waals surface area contributed by atoms with Crippen LogP contribution < -0.4 is 24.8 Å². The number of carbonyl (C=O) groups is 1. The highest BCUT2D eigenvalue weighted by molar-refractivity contribution is 5.86. The van der Waals surface area contributed by atoms with Crippen LogP contribution in [0, 0.1) is 6.92 Å². The first-order valence-electron chi connectivity index (χ1n) is 10.9. The van der Waals surface area contributed by atoms with Gasteiger partial charge in [-0.3, -0.25) is 4.40 Å². The van der Waals surface area contributed by atoms with Gasteiger partial charge < -0.3 is 24.8 Å². The molecule has 0 bridgehead atoms. The number of rotatable bonds is 7. The highest BCUT2D eigenvalue weighted by atomic mass is 16.6. The van der Waals surface area contributed by atoms with Gasteiger partial charge >= 0.3 is 6.09 Å². The molecular weight excluding hydrogens is 424 g/mol. The number of carbonyl (C=O) groups excluding carboxylic acids is 1. The maximum atomic E-state index is 11.8. The van der Waals surface area contributed by atoms with Crippen molar-refractivity contribution in [2.75, 3.05) is 31.6 Å². The van der Waals surface area contributed by atoms with Gasteiger partial charge in [0.15, 0.2) is 17.3 Å². The summed E-state index contributed by atoms with van der Waals surface area (Å²) in [6.45, 7) is 4.13. The second-order valence-corrected chi connectivity index (χ2v) is 7.61. The first kappa shape index (κ1) is 20.8. The maximum absolute atomic E-state index is 11.8. The number of anilines is 1. The fourth-order valence-electron chi connectivity index (χ4n) is 3.71. The van der Waals surface area contributed by atoms with Crippen molar-refractivity contribution < 1.29 is 19.0 Å². The van der Waals surface area contributed by atoms with Crippen molar-refractivity contribution in [2.45, 2.75) is 19.8 Å². The van der Waals surface area contributed by atoms with E-state index in [2.05, 4.69) is 20.8 Å². The van der Waals surface area contributed by atoms with E-state index in [1.165, 1.54) is 0 Å². The third-order valence-electron chi connectivity index (χ3n) is 5.27. The van der Waals surface area contributed by atoms with Gasteiger partial charge in [-0.2, -0.15) is 0 Å². The van der Waals surface area contributed by atoms with Crippen LogP contribution in [0.5, 0.6) is 17.2 Å². The predicted molar refractivity (Wildman–Crippen MR) is 122 cm³/mol. The van der Waals surface area contributed by atoms with Gasteiger partial charge in [-0.05, 0) is 31.9 Å². The van der Waals surface area contributed by atoms with Crippen molar-refractivity contribution in [1.29, 1.82) is 0 Å². The first-order chi connectivity index (χ1) is 16.2. The van der Waals surface area contributed by atoms with Crippen molar-refractivity contribution in [1.82, 2.24) is 24.9 Å². The minimum absolute atomic E-state index is 0.458. The Hall–Kier alpha value is -4.08. The smallest absolute Gasteiger partial charge is 0.412 e. The van der Waals surface area contributed by atoms with Gasteiger partial charge in [-0.15, -0.1) is 10.2 Å². The molecule has 2 aromatic carbocycles. The molecule has 0 fully saturated rings. The highest BCUT2D eigenvalue weighted by Gasteiger charge is 2.18. The summed E-state index contributed by atoms with van der Waals surface area (Å²) in [4.78, 5) is 16.6. The molecule has 33 heavy (non-hydrogen) atoms. The average molecular weight is 448 g/mol. The number of ether oxygens (including phenoxy) is 3. The number of fused-ring (bicyclic) bond motifs is 4. The molecule has 0 unspecified atom stereocenters. The summed E-state index contributed by atoms with van der Waals surface area (Å²) in [5, 5.41) is 14.6. The van der Waals surface area contributed by atoms with E-state index in [9.17, 15) is 4.79 Å². The molecule has 2 aromatic heterocycles. The number of unbranched alkanes of at least 4 members (excludes halogenated alkanes) is 1. The van der Waals surface area contributed by atoms with E-state index in [0.29, 0.717) is 55.0 Å². The van der Waals surface area contributed by atoms with Gasteiger partial charge in [0.25, 0.3) is 0 Å². The number of nitrogens with zero attached hydrogens (tertiary/aromatic N) is 4. The van der Waals surface area contributed by atoms with E-state index < -0.39 is 6.09 Å². The number of hydrogen-bond acceptors (Lipinski definition) is 8. The molecule has 1 aliphatic heterocycles. The van der Waals surface area contributed by atoms with E-state index in [1.54, 1.807) is 12.1 Å². The zero-order chi connectivity index (χ0) is 22.6. The molecule has 0 spiro atoms. The topological polar surface area (TPSA) is 112 Å². The first-order valence-corrected chi connectivity index (χ1v) is 10.9. The van der Waals surface area contributed by atoms with Gasteiger partial charge in [-0.25, -0.2) is 9.78 Å². The van der Waals surface area contributed by atoms with Crippen molar-refractivity contribution in [3.63, 3.8) is 0 Å². The Kier molecular flexibility index (Phi) is 5.79. The minimum Gasteiger partial charge on any atom is -0.486 e. The maximum Gasteiger partial charge on any atom is 0.412 e. The largest absolute Gasteiger partial charge is 0.486 e. The van der Waals surface area contributed by atoms with Crippen LogP contribution in [0.3, 0.4) is 0 Å². The third kappa shape index (κ3) is 4.45. The third-order valence-corrected chi connectivity index (χ3v) is 5.27. The molecule has 10 nitrogen and oxygen atoms in total. The van der Waals surface area contributed by atoms with Gasteiger partial charge in [0.1, 0.15) is 24.8 Å². The van der Waals surface area contributed by atoms with Gasteiger partial charge in [0, 0.05) is 25.2 Å². The van der Waals surface area contributed by atoms with E-state index >= 15 is 0 Å². The summed E-state index contributed by atoms with van der Waals surface area (Å²) in [6, 6.07) is 12.8. The summed E-state index contributed by atoms with van der Waals surface area (Å²) < 4.78 is 18.6. The zero-order valence-electron chi connectivity index (χ0n) is 18.2. The van der Waals surface area contributed by atoms with Gasteiger partial charge in [0.05, 0.1) is 11.0 Å². The van der Waals surface area contributed by atoms with E-state index in [4.69, 9.17) is 19.2 Å². The van der Waals surface area contributed by atoms with Crippen LogP contribution in [-0.2, 0) is 0 Å². The summed E-state index contributed by atoms with van der Waals surface area (Å²) in [7, 11) is 0. The molecule has 0 aliphatic carbocycles. The molecule has 1 aliphatic rings. The Balaban J connectivity index is 1.20. The predicted octanol–water partition coefficient (Wildman–Crippen LogP) is 3.34. The van der Waals surface area contributed by atoms with Crippen LogP contribution in [0.1, 0.15) is 18.7 Å². The number of amides is 1. The molecule has 5 rings (SSSR count). The van der Waals surface area contributed by atoms with Crippen LogP contribution in [0.15, 0.2) is 42.5 Å². The number of nitrogens with one attached hydrogen (secondary N) is 2. The fourth-order valence-corrected chi connectivity index (χ4v) is 3.71. The number of aryl methyl sites for hydroxylation is 1. The molecule has 170 valence electrons. The quantitative estimate of drug-likeness (QED) is 0.414. The summed E-state index contributed by atoms with van der Waals surface area (Å²) in [5.41, 5.74) is 2.28. The summed E-state index contributed by atoms with van der Waals surface area (Å²) in [6.07, 6.45) is 1.15. The Bertz CT molecular complexity index is 1290. The molecule has 4 aromatic rings. The van der Waals surface area contributed by atoms with Crippen LogP contribution in [0.4, 0.5) is 10.6 Å². The summed E-state index contributed by atoms with van der Waals surface area (Å²) in [5.74, 6) is 3.31. The van der Waals surface area contributed by atoms with Crippen LogP contribution >= 0.6 is 0 Å². The molecule has 0 saturated heterocycles. The Morgan fingerprint density at radius 3 is 2.64 bits per heavy atom. The molecule has 0 saturated carbocycles. The highest BCUT2D eigenvalue weighted by Crippen LogP contribution is 2.35. The molecule has 10 heteroatoms. The van der Waals surface area contributed by atoms with Crippen molar-refractivity contribution in [3.8, 4) is 17.2 Å². The van der Waals surface area contributed by atoms with E-state index in [0.717, 1.165) is 29.7 Å². The molecule has 3 heterocycles. The Morgan fingerprint density at radius 1 is 1.06 bits per heavy atom. The standard InChI is InChI=1S/C23H24N6O4/c1-15-27-28-22-21(24-9-5-6-10-25-23(30)33-16-7-3-2-4-8-16)26-17-13-19-20(32-12-11-31-19)14-18(17)29(15)22/h2-4,7-8,13-14H,5-6,9-12H2,1H3,(H,24,26)(H,25,30). The number of aromatic nitrogens is 4. The average Bonchev–Trinajstić information content (AvgIpc) is 3.22. The second kappa shape index (κ2) is 9.19. The fraction of sp³-hybridized carbons (Fsp3) is 0.304. The molecule has 2 N–H and O–H groups in total. The minimum atomic E-state index is -0.458. The Labute approximate surface area is 189 Å². The molecule has 0 radical (unpaired) electrons. The normalized spacial score (nSPS) is 12.6. The lowest BCUT2D eigenvalue weighted by molar-refractivity contribution is 0.172. The number of benzene rings is 2. The monoisotopic (exact) mass is 448 g/mol. The van der Waals surface area contributed by atoms with Gasteiger partial charge in [0.2, 0.25) is 5.65 Å². The molecule has 1 amide bonds. The van der Waals surface area contributed by atoms with Crippen molar-refractivity contribution >= 4 is 28.6 Å². The number of hydrogen-bond donors (Lipinski definition) is 2. The number of para-hydroxylation sites is 1. The van der Waals surface area contributed by atoms with Crippen LogP contribution in [0.25, 0.3) is 16.7 Å². The summed E-state index contributed by atoms with van der Waals surface area (Å²) >= 11 is 0. The SMILES string of the molecule is Cc1nnc2c(NCCCCNC(=O)Oc3ccccc3)nc3cc4c(cc3n12)OCCO4. The Morgan fingerprint density at radius 2 is 1.82 bits per heavy atom. The lowest BCUT2D eigenvalue weighted by Gasteiger charge is -2.19. The van der Waals surface area contributed by atoms with Crippen LogP contribution in [0.2, 0.25) is 0 Å². The van der Waals surface area contributed by atoms with E-state index in [-0.39, 0.29) is 0 Å². The zero-order valence-corrected chi connectivity index (χ0v) is 18.2. The van der Waals surface area contributed by atoms with Crippen molar-refractivity contribution in [3.05, 3.63) is 48.3 Å². The second-order valence-electron chi connectivity index (χ2n) is 7.61. The molecular formula is C23H24N6O4. The van der Waals surface area contributed by atoms with E-state index in [1.807, 2.05) is 41.7 Å². The molecule has 0 atom stereocenters. The lowest BCUT2D eigenvalue weighted by atomic mass is 10.2. The van der Waals surface area contributed by atoms with Gasteiger partial charge in [-0.1, -0.05) is 18.2 Å². The van der Waals surface area contributed by atoms with Crippen LogP contribution in [-0.4, -0.2) is 52.0 Å². The lowest BCUT2D eigenvalue weighted by Crippen LogP contribution is -2.28. The van der Waals surface area contributed by atoms with Crippen molar-refractivity contribution in [2.24, 2.45) is 0 Å².